The minimum absolute atomic E-state index is 0.00711. The van der Waals surface area contributed by atoms with E-state index in [1.165, 1.54) is 36.4 Å². The fourth-order valence-electron chi connectivity index (χ4n) is 5.62. The number of carbonyl (C=O) groups excluding carboxylic acids is 2. The number of amides is 2. The summed E-state index contributed by atoms with van der Waals surface area (Å²) < 4.78 is 38.1. The highest BCUT2D eigenvalue weighted by Crippen LogP contribution is 2.26. The van der Waals surface area contributed by atoms with Crippen molar-refractivity contribution >= 4 is 29.5 Å². The van der Waals surface area contributed by atoms with Gasteiger partial charge in [-0.2, -0.15) is 4.99 Å². The number of ether oxygens (including phenoxy) is 2. The molecule has 0 aromatic heterocycles. The monoisotopic (exact) mass is 651 g/mol. The number of aryl methyl sites for hydroxylation is 1. The number of nitrogens with one attached hydrogen (secondary N) is 1. The second-order valence-electron chi connectivity index (χ2n) is 11.3. The molecule has 0 radical (unpaired) electrons. The molecular weight excluding hydrogens is 608 g/mol. The van der Waals surface area contributed by atoms with Crippen LogP contribution in [0.15, 0.2) is 71.7 Å². The third-order valence-electron chi connectivity index (χ3n) is 8.01. The summed E-state index contributed by atoms with van der Waals surface area (Å²) in [7, 11) is 0. The standard InChI is InChI=1S/C29H39FN2O5.C7H4FNO/c1-4-24(5-2)32(29(35)31-23-12-7-11-22(30)17-23)15-16-36-25-13-8-14-26(18-25)37-19-21-10-6-9-20(3)27(21)28(33)34;8-6-2-1-3-7(4-6)9-5-10/h6-7,9-12,17,24-26H,4-5,8,13-16,18-19H2,1-3H3,(H,31,35)(H,33,34);1-4H. The topological polar surface area (TPSA) is 118 Å². The molecule has 2 atom stereocenters. The van der Waals surface area contributed by atoms with Gasteiger partial charge in [-0.25, -0.2) is 23.2 Å². The third-order valence-corrected chi connectivity index (χ3v) is 8.01. The molecule has 2 unspecified atom stereocenters. The molecule has 1 saturated carbocycles. The van der Waals surface area contributed by atoms with Crippen molar-refractivity contribution in [1.82, 2.24) is 4.90 Å². The molecule has 9 nitrogen and oxygen atoms in total. The largest absolute Gasteiger partial charge is 0.478 e. The van der Waals surface area contributed by atoms with Gasteiger partial charge in [0.15, 0.2) is 0 Å². The molecule has 0 heterocycles. The lowest BCUT2D eigenvalue weighted by molar-refractivity contribution is -0.0533. The van der Waals surface area contributed by atoms with E-state index in [-0.39, 0.29) is 36.6 Å². The van der Waals surface area contributed by atoms with Crippen molar-refractivity contribution in [3.63, 3.8) is 0 Å². The Labute approximate surface area is 274 Å². The van der Waals surface area contributed by atoms with Crippen LogP contribution in [0.5, 0.6) is 0 Å². The van der Waals surface area contributed by atoms with Crippen molar-refractivity contribution in [2.75, 3.05) is 18.5 Å². The zero-order valence-corrected chi connectivity index (χ0v) is 27.1. The van der Waals surface area contributed by atoms with Crippen LogP contribution in [-0.2, 0) is 20.9 Å². The second kappa shape index (κ2) is 19.3. The predicted molar refractivity (Wildman–Crippen MR) is 176 cm³/mol. The number of urea groups is 1. The van der Waals surface area contributed by atoms with Crippen molar-refractivity contribution in [3.8, 4) is 0 Å². The molecule has 3 aromatic rings. The van der Waals surface area contributed by atoms with Gasteiger partial charge in [0.05, 0.1) is 36.7 Å². The van der Waals surface area contributed by atoms with E-state index >= 15 is 0 Å². The number of hydrogen-bond acceptors (Lipinski definition) is 6. The highest BCUT2D eigenvalue weighted by Gasteiger charge is 2.26. The maximum absolute atomic E-state index is 13.6. The second-order valence-corrected chi connectivity index (χ2v) is 11.3. The highest BCUT2D eigenvalue weighted by atomic mass is 19.1. The molecule has 1 aliphatic rings. The van der Waals surface area contributed by atoms with Crippen molar-refractivity contribution < 1.29 is 37.7 Å². The van der Waals surface area contributed by atoms with Gasteiger partial charge in [0.2, 0.25) is 6.08 Å². The summed E-state index contributed by atoms with van der Waals surface area (Å²) in [4.78, 5) is 39.3. The van der Waals surface area contributed by atoms with E-state index in [0.717, 1.165) is 50.2 Å². The number of rotatable bonds is 13. The number of benzene rings is 3. The third kappa shape index (κ3) is 12.0. The van der Waals surface area contributed by atoms with E-state index in [2.05, 4.69) is 10.3 Å². The number of aliphatic imine (C=N–C) groups is 1. The summed E-state index contributed by atoms with van der Waals surface area (Å²) >= 11 is 0. The van der Waals surface area contributed by atoms with Crippen molar-refractivity contribution in [2.24, 2.45) is 4.99 Å². The normalized spacial score (nSPS) is 15.6. The van der Waals surface area contributed by atoms with Crippen LogP contribution >= 0.6 is 0 Å². The highest BCUT2D eigenvalue weighted by molar-refractivity contribution is 5.91. The van der Waals surface area contributed by atoms with E-state index in [1.807, 2.05) is 19.9 Å². The van der Waals surface area contributed by atoms with Gasteiger partial charge in [0.25, 0.3) is 0 Å². The smallest absolute Gasteiger partial charge is 0.336 e. The van der Waals surface area contributed by atoms with E-state index in [9.17, 15) is 28.3 Å². The summed E-state index contributed by atoms with van der Waals surface area (Å²) in [5.74, 6) is -1.74. The van der Waals surface area contributed by atoms with Crippen molar-refractivity contribution in [3.05, 3.63) is 95.1 Å². The maximum Gasteiger partial charge on any atom is 0.336 e. The first-order valence-electron chi connectivity index (χ1n) is 15.9. The van der Waals surface area contributed by atoms with Crippen LogP contribution in [0.2, 0.25) is 0 Å². The number of aromatic carboxylic acids is 1. The Morgan fingerprint density at radius 3 is 2.30 bits per heavy atom. The Morgan fingerprint density at radius 2 is 1.66 bits per heavy atom. The SMILES string of the molecule is CCC(CC)N(CCOC1CCCC(OCc2cccc(C)c2C(=O)O)C1)C(=O)Nc1cccc(F)c1.O=C=Nc1cccc(F)c1. The molecule has 0 aliphatic heterocycles. The lowest BCUT2D eigenvalue weighted by atomic mass is 9.94. The number of halogens is 2. The number of hydrogen-bond donors (Lipinski definition) is 2. The number of carbonyl (C=O) groups is 2. The van der Waals surface area contributed by atoms with Crippen LogP contribution in [0, 0.1) is 18.6 Å². The lowest BCUT2D eigenvalue weighted by Gasteiger charge is -2.33. The zero-order valence-electron chi connectivity index (χ0n) is 27.1. The summed E-state index contributed by atoms with van der Waals surface area (Å²) in [5.41, 5.74) is 2.43. The van der Waals surface area contributed by atoms with E-state index in [0.29, 0.717) is 30.0 Å². The molecule has 1 fully saturated rings. The summed E-state index contributed by atoms with van der Waals surface area (Å²) in [6.45, 7) is 6.96. The summed E-state index contributed by atoms with van der Waals surface area (Å²) in [6.07, 6.45) is 6.47. The van der Waals surface area contributed by atoms with Gasteiger partial charge in [-0.3, -0.25) is 0 Å². The molecule has 0 saturated heterocycles. The fourth-order valence-corrected chi connectivity index (χ4v) is 5.62. The minimum atomic E-state index is -0.940. The quantitative estimate of drug-likeness (QED) is 0.142. The van der Waals surface area contributed by atoms with Crippen LogP contribution in [-0.4, -0.2) is 59.5 Å². The molecule has 0 spiro atoms. The number of nitrogens with zero attached hydrogens (tertiary/aromatic N) is 2. The van der Waals surface area contributed by atoms with Gasteiger partial charge in [-0.05, 0) is 86.9 Å². The van der Waals surface area contributed by atoms with Crippen molar-refractivity contribution in [2.45, 2.75) is 84.2 Å². The van der Waals surface area contributed by atoms with Gasteiger partial charge in [0, 0.05) is 24.3 Å². The Hall–Kier alpha value is -4.44. The van der Waals surface area contributed by atoms with E-state index in [1.54, 1.807) is 36.1 Å². The lowest BCUT2D eigenvalue weighted by Crippen LogP contribution is -2.44. The molecule has 2 N–H and O–H groups in total. The molecule has 3 aromatic carbocycles. The molecule has 4 rings (SSSR count). The summed E-state index contributed by atoms with van der Waals surface area (Å²) in [5, 5.41) is 12.4. The first kappa shape index (κ1) is 37.0. The molecule has 11 heteroatoms. The average Bonchev–Trinajstić information content (AvgIpc) is 3.04. The van der Waals surface area contributed by atoms with Crippen LogP contribution in [0.1, 0.15) is 73.9 Å². The van der Waals surface area contributed by atoms with Crippen molar-refractivity contribution in [1.29, 1.82) is 0 Å². The molecule has 1 aliphatic carbocycles. The number of carboxylic acid groups (broad SMARTS) is 1. The van der Waals surface area contributed by atoms with Crippen LogP contribution < -0.4 is 5.32 Å². The van der Waals surface area contributed by atoms with E-state index < -0.39 is 17.6 Å². The maximum atomic E-state index is 13.6. The zero-order chi connectivity index (χ0) is 34.2. The number of isocyanates is 1. The number of anilines is 1. The van der Waals surface area contributed by atoms with Gasteiger partial charge >= 0.3 is 12.0 Å². The minimum Gasteiger partial charge on any atom is -0.478 e. The fraction of sp³-hybridized carbons (Fsp3) is 0.417. The van der Waals surface area contributed by atoms with Crippen LogP contribution in [0.25, 0.3) is 0 Å². The Kier molecular flexibility index (Phi) is 15.2. The van der Waals surface area contributed by atoms with Gasteiger partial charge in [-0.15, -0.1) is 0 Å². The Bertz CT molecular complexity index is 1510. The van der Waals surface area contributed by atoms with Crippen LogP contribution in [0.4, 0.5) is 25.0 Å². The van der Waals surface area contributed by atoms with Gasteiger partial charge in [-0.1, -0.05) is 44.2 Å². The Balaban J connectivity index is 0.000000511. The first-order valence-corrected chi connectivity index (χ1v) is 15.9. The molecule has 47 heavy (non-hydrogen) atoms. The molecular formula is C36H43F2N3O6. The van der Waals surface area contributed by atoms with Crippen LogP contribution in [0.3, 0.4) is 0 Å². The molecule has 0 bridgehead atoms. The Morgan fingerprint density at radius 1 is 1.00 bits per heavy atom. The average molecular weight is 652 g/mol. The summed E-state index contributed by atoms with van der Waals surface area (Å²) in [6, 6.07) is 16.6. The van der Waals surface area contributed by atoms with E-state index in [4.69, 9.17) is 9.47 Å². The molecule has 252 valence electrons. The first-order chi connectivity index (χ1) is 22.6. The predicted octanol–water partition coefficient (Wildman–Crippen LogP) is 8.19. The van der Waals surface area contributed by atoms with Gasteiger partial charge in [0.1, 0.15) is 11.6 Å². The van der Waals surface area contributed by atoms with Gasteiger partial charge < -0.3 is 24.8 Å². The number of carboxylic acids is 1. The molecule has 2 amide bonds.